The summed E-state index contributed by atoms with van der Waals surface area (Å²) in [6, 6.07) is 1.05. The van der Waals surface area contributed by atoms with E-state index in [0.29, 0.717) is 49.2 Å². The van der Waals surface area contributed by atoms with Gasteiger partial charge in [-0.15, -0.1) is 0 Å². The van der Waals surface area contributed by atoms with Crippen LogP contribution in [0.3, 0.4) is 0 Å². The van der Waals surface area contributed by atoms with Crippen LogP contribution in [0, 0.1) is 17.8 Å². The normalized spacial score (nSPS) is 29.6. The summed E-state index contributed by atoms with van der Waals surface area (Å²) in [6.45, 7) is 3.58. The van der Waals surface area contributed by atoms with Gasteiger partial charge in [0.2, 0.25) is 0 Å². The number of halogens is 4. The maximum Gasteiger partial charge on any atom is 0.418 e. The van der Waals surface area contributed by atoms with Gasteiger partial charge in [0.1, 0.15) is 5.67 Å². The molecule has 40 heavy (non-hydrogen) atoms. The molecule has 2 aromatic heterocycles. The van der Waals surface area contributed by atoms with E-state index in [2.05, 4.69) is 22.8 Å². The number of rotatable bonds is 6. The third kappa shape index (κ3) is 5.46. The van der Waals surface area contributed by atoms with Crippen LogP contribution in [0.15, 0.2) is 23.3 Å². The number of aromatic nitrogens is 2. The first-order chi connectivity index (χ1) is 19.0. The van der Waals surface area contributed by atoms with Crippen molar-refractivity contribution in [2.75, 3.05) is 26.8 Å². The first kappa shape index (κ1) is 28.2. The zero-order valence-corrected chi connectivity index (χ0v) is 23.5. The average Bonchev–Trinajstić information content (AvgIpc) is 3.44. The molecule has 4 aliphatic rings. The van der Waals surface area contributed by atoms with Gasteiger partial charge >= 0.3 is 11.9 Å². The zero-order chi connectivity index (χ0) is 28.2. The van der Waals surface area contributed by atoms with Crippen molar-refractivity contribution in [3.8, 4) is 0 Å². The third-order valence-corrected chi connectivity index (χ3v) is 10.2. The molecule has 4 heterocycles. The van der Waals surface area contributed by atoms with Crippen LogP contribution in [0.5, 0.6) is 0 Å². The van der Waals surface area contributed by atoms with Crippen molar-refractivity contribution in [3.63, 3.8) is 0 Å². The summed E-state index contributed by atoms with van der Waals surface area (Å²) < 4.78 is 59.8. The molecule has 6 rings (SSSR count). The smallest absolute Gasteiger partial charge is 0.299 e. The maximum absolute atomic E-state index is 14.3. The summed E-state index contributed by atoms with van der Waals surface area (Å²) in [7, 11) is 2.12. The van der Waals surface area contributed by atoms with Gasteiger partial charge in [-0.1, -0.05) is 25.7 Å². The number of nitrogens with zero attached hydrogens (tertiary/aromatic N) is 4. The van der Waals surface area contributed by atoms with Gasteiger partial charge in [-0.2, -0.15) is 13.2 Å². The summed E-state index contributed by atoms with van der Waals surface area (Å²) in [6.07, 6.45) is 6.66. The number of pyridine rings is 1. The second kappa shape index (κ2) is 10.7. The Balaban J connectivity index is 1.29. The van der Waals surface area contributed by atoms with E-state index in [-0.39, 0.29) is 24.3 Å². The van der Waals surface area contributed by atoms with Crippen molar-refractivity contribution in [1.29, 1.82) is 0 Å². The SMILES string of the molecule is CN1CNNC1[C@H](C1CCC1)C1CCCC(n2cc3c(C(F)(F)F)cc(CN4CCC(C)(F)CC4)cn3c2=O)C1. The molecule has 2 saturated heterocycles. The largest absolute Gasteiger partial charge is 0.418 e. The van der Waals surface area contributed by atoms with Gasteiger partial charge in [0.25, 0.3) is 0 Å². The highest BCUT2D eigenvalue weighted by Gasteiger charge is 2.44. The van der Waals surface area contributed by atoms with E-state index in [1.54, 1.807) is 17.7 Å². The lowest BCUT2D eigenvalue weighted by atomic mass is 9.65. The Kier molecular flexibility index (Phi) is 7.55. The summed E-state index contributed by atoms with van der Waals surface area (Å²) in [5.74, 6) is 1.48. The van der Waals surface area contributed by atoms with Crippen molar-refractivity contribution in [3.05, 3.63) is 40.1 Å². The van der Waals surface area contributed by atoms with Gasteiger partial charge in [0.15, 0.2) is 0 Å². The minimum Gasteiger partial charge on any atom is -0.299 e. The van der Waals surface area contributed by atoms with Gasteiger partial charge in [-0.3, -0.25) is 18.8 Å². The summed E-state index contributed by atoms with van der Waals surface area (Å²) in [4.78, 5) is 18.0. The number of nitrogens with one attached hydrogen (secondary N) is 2. The summed E-state index contributed by atoms with van der Waals surface area (Å²) in [5, 5.41) is 0. The van der Waals surface area contributed by atoms with E-state index < -0.39 is 23.1 Å². The van der Waals surface area contributed by atoms with Crippen LogP contribution >= 0.6 is 0 Å². The lowest BCUT2D eigenvalue weighted by Gasteiger charge is -2.46. The number of piperidine rings is 1. The van der Waals surface area contributed by atoms with Gasteiger partial charge in [-0.25, -0.2) is 20.0 Å². The molecule has 7 nitrogen and oxygen atoms in total. The number of hydrazine groups is 1. The third-order valence-electron chi connectivity index (χ3n) is 10.2. The van der Waals surface area contributed by atoms with Crippen LogP contribution < -0.4 is 16.5 Å². The predicted octanol–water partition coefficient (Wildman–Crippen LogP) is 4.91. The highest BCUT2D eigenvalue weighted by Crippen LogP contribution is 2.47. The van der Waals surface area contributed by atoms with Gasteiger partial charge in [0, 0.05) is 38.1 Å². The molecule has 2 saturated carbocycles. The Morgan fingerprint density at radius 3 is 2.40 bits per heavy atom. The standard InChI is InChI=1S/C29H42F4N6O/c1-28(30)9-11-37(12-10-28)15-19-13-23(29(31,32)33)24-17-38(27(40)39(24)16-19)22-8-4-7-21(14-22)25(20-5-3-6-20)26-35-34-18-36(26)2/h13,16-17,20-22,25-26,34-35H,3-12,14-15,18H2,1-2H3/t21?,22?,25-,26?/m1/s1. The molecule has 2 aliphatic carbocycles. The van der Waals surface area contributed by atoms with Gasteiger partial charge in [0.05, 0.1) is 23.9 Å². The zero-order valence-electron chi connectivity index (χ0n) is 23.5. The van der Waals surface area contributed by atoms with E-state index in [0.717, 1.165) is 32.4 Å². The fourth-order valence-electron chi connectivity index (χ4n) is 7.68. The second-order valence-electron chi connectivity index (χ2n) is 13.1. The molecule has 4 fully saturated rings. The van der Waals surface area contributed by atoms with Crippen LogP contribution in [-0.2, 0) is 12.7 Å². The molecule has 0 aromatic carbocycles. The van der Waals surface area contributed by atoms with Gasteiger partial charge in [-0.05, 0) is 75.5 Å². The van der Waals surface area contributed by atoms with Crippen LogP contribution in [0.1, 0.15) is 81.9 Å². The number of imidazole rings is 1. The van der Waals surface area contributed by atoms with Crippen molar-refractivity contribution >= 4 is 5.52 Å². The molecule has 11 heteroatoms. The van der Waals surface area contributed by atoms with Crippen LogP contribution in [0.25, 0.3) is 5.52 Å². The quantitative estimate of drug-likeness (QED) is 0.487. The first-order valence-electron chi connectivity index (χ1n) is 14.9. The van der Waals surface area contributed by atoms with Gasteiger partial charge < -0.3 is 0 Å². The highest BCUT2D eigenvalue weighted by molar-refractivity contribution is 5.56. The van der Waals surface area contributed by atoms with Crippen molar-refractivity contribution in [2.45, 2.75) is 95.3 Å². The summed E-state index contributed by atoms with van der Waals surface area (Å²) >= 11 is 0. The Hall–Kier alpha value is -1.95. The Labute approximate surface area is 232 Å². The second-order valence-corrected chi connectivity index (χ2v) is 13.1. The van der Waals surface area contributed by atoms with Crippen molar-refractivity contribution in [2.24, 2.45) is 17.8 Å². The van der Waals surface area contributed by atoms with E-state index >= 15 is 0 Å². The monoisotopic (exact) mass is 566 g/mol. The number of likely N-dealkylation sites (tertiary alicyclic amines) is 1. The van der Waals surface area contributed by atoms with E-state index in [9.17, 15) is 22.4 Å². The van der Waals surface area contributed by atoms with Crippen LogP contribution in [0.4, 0.5) is 17.6 Å². The molecular weight excluding hydrogens is 524 g/mol. The molecule has 3 unspecified atom stereocenters. The van der Waals surface area contributed by atoms with E-state index in [1.165, 1.54) is 35.9 Å². The van der Waals surface area contributed by atoms with Crippen LogP contribution in [-0.4, -0.2) is 57.4 Å². The molecule has 2 N–H and O–H groups in total. The fourth-order valence-corrected chi connectivity index (χ4v) is 7.68. The topological polar surface area (TPSA) is 56.9 Å². The van der Waals surface area contributed by atoms with E-state index in [4.69, 9.17) is 0 Å². The van der Waals surface area contributed by atoms with Crippen LogP contribution in [0.2, 0.25) is 0 Å². The molecule has 2 aliphatic heterocycles. The minimum atomic E-state index is -4.59. The van der Waals surface area contributed by atoms with E-state index in [1.807, 2.05) is 4.90 Å². The minimum absolute atomic E-state index is 0.0877. The number of fused-ring (bicyclic) bond motifs is 1. The fraction of sp³-hybridized carbons (Fsp3) is 0.759. The highest BCUT2D eigenvalue weighted by atomic mass is 19.4. The Morgan fingerprint density at radius 2 is 1.77 bits per heavy atom. The lowest BCUT2D eigenvalue weighted by molar-refractivity contribution is -0.136. The number of hydrogen-bond acceptors (Lipinski definition) is 5. The number of hydrogen-bond donors (Lipinski definition) is 2. The Morgan fingerprint density at radius 1 is 1.07 bits per heavy atom. The first-order valence-corrected chi connectivity index (χ1v) is 14.9. The molecule has 4 atom stereocenters. The molecule has 0 bridgehead atoms. The Bertz CT molecular complexity index is 1260. The molecule has 222 valence electrons. The average molecular weight is 567 g/mol. The van der Waals surface area contributed by atoms with Crippen molar-refractivity contribution in [1.82, 2.24) is 29.6 Å². The number of alkyl halides is 4. The molecular formula is C29H42F4N6O. The lowest BCUT2D eigenvalue weighted by Crippen LogP contribution is -2.50. The molecule has 2 aromatic rings. The molecule has 0 spiro atoms. The van der Waals surface area contributed by atoms with Crippen molar-refractivity contribution < 1.29 is 17.6 Å². The summed E-state index contributed by atoms with van der Waals surface area (Å²) in [5.41, 5.74) is 4.65. The molecule has 0 radical (unpaired) electrons. The molecule has 0 amide bonds. The maximum atomic E-state index is 14.3. The predicted molar refractivity (Wildman–Crippen MR) is 145 cm³/mol.